The molecule has 0 aliphatic heterocycles. The third-order valence-electron chi connectivity index (χ3n) is 2.53. The summed E-state index contributed by atoms with van der Waals surface area (Å²) in [4.78, 5) is 10.6. The highest BCUT2D eigenvalue weighted by Crippen LogP contribution is 2.25. The molecule has 0 spiro atoms. The molecule has 0 atom stereocenters. The summed E-state index contributed by atoms with van der Waals surface area (Å²) in [6, 6.07) is 7.54. The van der Waals surface area contributed by atoms with Gasteiger partial charge in [-0.2, -0.15) is 0 Å². The topological polar surface area (TPSA) is 50.4 Å². The number of benzene rings is 1. The molecule has 1 N–H and O–H groups in total. The fraction of sp³-hybridized carbons (Fsp3) is 0.308. The molecule has 1 aromatic heterocycles. The first-order valence-electron chi connectivity index (χ1n) is 5.30. The summed E-state index contributed by atoms with van der Waals surface area (Å²) in [6.07, 6.45) is 0.0354. The zero-order chi connectivity index (χ0) is 11.7. The van der Waals surface area contributed by atoms with E-state index in [0.717, 1.165) is 22.3 Å². The molecule has 0 aliphatic rings. The van der Waals surface area contributed by atoms with Gasteiger partial charge in [0, 0.05) is 11.3 Å². The zero-order valence-corrected chi connectivity index (χ0v) is 9.36. The van der Waals surface area contributed by atoms with Gasteiger partial charge in [0.25, 0.3) is 0 Å². The van der Waals surface area contributed by atoms with Gasteiger partial charge in [-0.25, -0.2) is 0 Å². The van der Waals surface area contributed by atoms with Crippen LogP contribution in [-0.2, 0) is 11.2 Å². The Morgan fingerprint density at radius 1 is 1.38 bits per heavy atom. The van der Waals surface area contributed by atoms with Crippen molar-refractivity contribution in [2.45, 2.75) is 26.2 Å². The fourth-order valence-electron chi connectivity index (χ4n) is 1.67. The number of hydrogen-bond acceptors (Lipinski definition) is 2. The molecule has 0 radical (unpaired) electrons. The molecule has 0 aliphatic carbocycles. The second kappa shape index (κ2) is 4.00. The molecule has 0 unspecified atom stereocenters. The van der Waals surface area contributed by atoms with Crippen LogP contribution in [0.2, 0.25) is 0 Å². The minimum atomic E-state index is -0.824. The molecular formula is C13H14O3. The van der Waals surface area contributed by atoms with Crippen LogP contribution >= 0.6 is 0 Å². The molecule has 2 rings (SSSR count). The van der Waals surface area contributed by atoms with Crippen molar-refractivity contribution in [3.63, 3.8) is 0 Å². The Balaban J connectivity index is 2.41. The number of fused-ring (bicyclic) bond motifs is 1. The Morgan fingerprint density at radius 2 is 2.12 bits per heavy atom. The smallest absolute Gasteiger partial charge is 0.307 e. The Morgan fingerprint density at radius 3 is 2.75 bits per heavy atom. The monoisotopic (exact) mass is 218 g/mol. The Bertz CT molecular complexity index is 523. The van der Waals surface area contributed by atoms with Crippen LogP contribution in [-0.4, -0.2) is 11.1 Å². The number of hydrogen-bond donors (Lipinski definition) is 1. The summed E-state index contributed by atoms with van der Waals surface area (Å²) in [7, 11) is 0. The summed E-state index contributed by atoms with van der Waals surface area (Å²) in [5, 5.41) is 9.73. The van der Waals surface area contributed by atoms with E-state index in [0.29, 0.717) is 5.92 Å². The number of carboxylic acid groups (broad SMARTS) is 1. The van der Waals surface area contributed by atoms with Crippen LogP contribution in [0.3, 0.4) is 0 Å². The second-order valence-electron chi connectivity index (χ2n) is 4.25. The highest BCUT2D eigenvalue weighted by molar-refractivity contribution is 5.80. The quantitative estimate of drug-likeness (QED) is 0.860. The lowest BCUT2D eigenvalue weighted by Gasteiger charge is -1.97. The molecule has 16 heavy (non-hydrogen) atoms. The van der Waals surface area contributed by atoms with E-state index in [4.69, 9.17) is 9.52 Å². The molecule has 2 aromatic rings. The van der Waals surface area contributed by atoms with Crippen molar-refractivity contribution in [2.24, 2.45) is 0 Å². The lowest BCUT2D eigenvalue weighted by molar-refractivity contribution is -0.136. The van der Waals surface area contributed by atoms with Gasteiger partial charge in [-0.3, -0.25) is 4.79 Å². The molecule has 0 bridgehead atoms. The first-order chi connectivity index (χ1) is 7.56. The highest BCUT2D eigenvalue weighted by Gasteiger charge is 2.08. The maximum absolute atomic E-state index is 10.6. The average Bonchev–Trinajstić information content (AvgIpc) is 2.59. The first-order valence-corrected chi connectivity index (χ1v) is 5.30. The van der Waals surface area contributed by atoms with Gasteiger partial charge in [0.05, 0.1) is 6.42 Å². The first kappa shape index (κ1) is 10.7. The largest absolute Gasteiger partial charge is 0.481 e. The van der Waals surface area contributed by atoms with Crippen molar-refractivity contribution in [1.82, 2.24) is 0 Å². The van der Waals surface area contributed by atoms with E-state index in [1.165, 1.54) is 0 Å². The van der Waals surface area contributed by atoms with Crippen molar-refractivity contribution < 1.29 is 14.3 Å². The van der Waals surface area contributed by atoms with E-state index in [2.05, 4.69) is 13.8 Å². The molecule has 0 fully saturated rings. The predicted molar refractivity (Wildman–Crippen MR) is 61.6 cm³/mol. The Labute approximate surface area is 93.7 Å². The van der Waals surface area contributed by atoms with Gasteiger partial charge in [-0.1, -0.05) is 26.0 Å². The lowest BCUT2D eigenvalue weighted by atomic mass is 10.1. The standard InChI is InChI=1S/C13H14O3/c1-8(2)11-7-10-4-3-9(6-13(14)15)5-12(10)16-11/h3-5,7-8H,6H2,1-2H3,(H,14,15). The summed E-state index contributed by atoms with van der Waals surface area (Å²) in [5.74, 6) is 0.452. The summed E-state index contributed by atoms with van der Waals surface area (Å²) < 4.78 is 5.66. The van der Waals surface area contributed by atoms with Crippen LogP contribution < -0.4 is 0 Å². The molecule has 0 saturated heterocycles. The lowest BCUT2D eigenvalue weighted by Crippen LogP contribution is -1.99. The van der Waals surface area contributed by atoms with Crippen LogP contribution in [0.15, 0.2) is 28.7 Å². The van der Waals surface area contributed by atoms with Crippen molar-refractivity contribution in [2.75, 3.05) is 0 Å². The maximum Gasteiger partial charge on any atom is 0.307 e. The maximum atomic E-state index is 10.6. The van der Waals surface area contributed by atoms with Crippen LogP contribution in [0, 0.1) is 0 Å². The number of furan rings is 1. The summed E-state index contributed by atoms with van der Waals surface area (Å²) in [6.45, 7) is 4.13. The van der Waals surface area contributed by atoms with Crippen molar-refractivity contribution in [3.05, 3.63) is 35.6 Å². The number of aliphatic carboxylic acids is 1. The van der Waals surface area contributed by atoms with Gasteiger partial charge in [-0.05, 0) is 17.7 Å². The van der Waals surface area contributed by atoms with Gasteiger partial charge in [0.15, 0.2) is 0 Å². The third-order valence-corrected chi connectivity index (χ3v) is 2.53. The van der Waals surface area contributed by atoms with Crippen molar-refractivity contribution in [1.29, 1.82) is 0 Å². The SMILES string of the molecule is CC(C)c1cc2ccc(CC(=O)O)cc2o1. The van der Waals surface area contributed by atoms with Gasteiger partial charge in [0.2, 0.25) is 0 Å². The van der Waals surface area contributed by atoms with Gasteiger partial charge < -0.3 is 9.52 Å². The minimum Gasteiger partial charge on any atom is -0.481 e. The third kappa shape index (κ3) is 2.08. The van der Waals surface area contributed by atoms with E-state index in [1.54, 1.807) is 6.07 Å². The van der Waals surface area contributed by atoms with Crippen molar-refractivity contribution >= 4 is 16.9 Å². The van der Waals surface area contributed by atoms with Gasteiger partial charge in [0.1, 0.15) is 11.3 Å². The molecule has 1 aromatic carbocycles. The number of carbonyl (C=O) groups is 1. The average molecular weight is 218 g/mol. The normalized spacial score (nSPS) is 11.2. The Kier molecular flexibility index (Phi) is 2.69. The summed E-state index contributed by atoms with van der Waals surface area (Å²) in [5.41, 5.74) is 1.53. The fourth-order valence-corrected chi connectivity index (χ4v) is 1.67. The van der Waals surface area contributed by atoms with Crippen LogP contribution in [0.5, 0.6) is 0 Å². The van der Waals surface area contributed by atoms with Gasteiger partial charge >= 0.3 is 5.97 Å². The molecular weight excluding hydrogens is 204 g/mol. The van der Waals surface area contributed by atoms with Crippen LogP contribution in [0.25, 0.3) is 11.0 Å². The van der Waals surface area contributed by atoms with E-state index in [1.807, 2.05) is 18.2 Å². The van der Waals surface area contributed by atoms with E-state index < -0.39 is 5.97 Å². The molecule has 3 heteroatoms. The van der Waals surface area contributed by atoms with Gasteiger partial charge in [-0.15, -0.1) is 0 Å². The van der Waals surface area contributed by atoms with Crippen LogP contribution in [0.1, 0.15) is 31.1 Å². The highest BCUT2D eigenvalue weighted by atomic mass is 16.4. The summed E-state index contributed by atoms with van der Waals surface area (Å²) >= 11 is 0. The molecule has 1 heterocycles. The van der Waals surface area contributed by atoms with Crippen molar-refractivity contribution in [3.8, 4) is 0 Å². The van der Waals surface area contributed by atoms with Crippen LogP contribution in [0.4, 0.5) is 0 Å². The molecule has 0 saturated carbocycles. The molecule has 3 nitrogen and oxygen atoms in total. The predicted octanol–water partition coefficient (Wildman–Crippen LogP) is 3.18. The minimum absolute atomic E-state index is 0.0354. The van der Waals surface area contributed by atoms with E-state index in [-0.39, 0.29) is 6.42 Å². The molecule has 0 amide bonds. The second-order valence-corrected chi connectivity index (χ2v) is 4.25. The zero-order valence-electron chi connectivity index (χ0n) is 9.36. The molecule has 84 valence electrons. The number of carboxylic acids is 1. The number of rotatable bonds is 3. The van der Waals surface area contributed by atoms with E-state index >= 15 is 0 Å². The van der Waals surface area contributed by atoms with E-state index in [9.17, 15) is 4.79 Å². The Hall–Kier alpha value is -1.77.